The van der Waals surface area contributed by atoms with Gasteiger partial charge in [-0.3, -0.25) is 0 Å². The van der Waals surface area contributed by atoms with E-state index in [1.165, 1.54) is 31.2 Å². The van der Waals surface area contributed by atoms with Crippen LogP contribution in [0.5, 0.6) is 0 Å². The van der Waals surface area contributed by atoms with Crippen LogP contribution in [0.25, 0.3) is 0 Å². The molecule has 15 heavy (non-hydrogen) atoms. The number of rotatable bonds is 2. The number of thiophene rings is 1. The average molecular weight is 223 g/mol. The van der Waals surface area contributed by atoms with Crippen molar-refractivity contribution in [3.05, 3.63) is 22.4 Å². The molecule has 2 atom stereocenters. The van der Waals surface area contributed by atoms with Gasteiger partial charge in [0.2, 0.25) is 0 Å². The third kappa shape index (κ3) is 2.61. The zero-order chi connectivity index (χ0) is 10.9. The molecule has 1 fully saturated rings. The van der Waals surface area contributed by atoms with Gasteiger partial charge in [-0.25, -0.2) is 0 Å². The number of hydrogen-bond donors (Lipinski definition) is 1. The molecule has 0 spiro atoms. The van der Waals surface area contributed by atoms with Crippen molar-refractivity contribution >= 4 is 11.3 Å². The molecule has 1 heterocycles. The van der Waals surface area contributed by atoms with Crippen LogP contribution in [0, 0.1) is 11.3 Å². The second-order valence-corrected chi connectivity index (χ2v) is 6.34. The smallest absolute Gasteiger partial charge is 0.00419 e. The van der Waals surface area contributed by atoms with Crippen LogP contribution in [0.2, 0.25) is 0 Å². The third-order valence-electron chi connectivity index (χ3n) is 3.91. The molecule has 84 valence electrons. The van der Waals surface area contributed by atoms with Crippen LogP contribution < -0.4 is 5.73 Å². The maximum absolute atomic E-state index is 6.08. The van der Waals surface area contributed by atoms with Crippen LogP contribution in [-0.4, -0.2) is 6.04 Å². The monoisotopic (exact) mass is 223 g/mol. The van der Waals surface area contributed by atoms with Crippen molar-refractivity contribution in [3.8, 4) is 0 Å². The zero-order valence-corrected chi connectivity index (χ0v) is 10.5. The summed E-state index contributed by atoms with van der Waals surface area (Å²) in [6.45, 7) is 4.80. The minimum absolute atomic E-state index is 0.432. The van der Waals surface area contributed by atoms with Crippen molar-refractivity contribution in [1.82, 2.24) is 0 Å². The second-order valence-electron chi connectivity index (χ2n) is 5.56. The minimum atomic E-state index is 0.432. The summed E-state index contributed by atoms with van der Waals surface area (Å²) >= 11 is 1.80. The molecule has 1 saturated carbocycles. The summed E-state index contributed by atoms with van der Waals surface area (Å²) in [5, 5.41) is 4.45. The second kappa shape index (κ2) is 4.26. The van der Waals surface area contributed by atoms with Gasteiger partial charge in [0, 0.05) is 6.04 Å². The molecule has 2 N–H and O–H groups in total. The molecular formula is C13H21NS. The van der Waals surface area contributed by atoms with Crippen molar-refractivity contribution < 1.29 is 0 Å². The highest BCUT2D eigenvalue weighted by Gasteiger charge is 2.34. The minimum Gasteiger partial charge on any atom is -0.328 e. The van der Waals surface area contributed by atoms with E-state index in [4.69, 9.17) is 5.73 Å². The Labute approximate surface area is 96.7 Å². The Morgan fingerprint density at radius 3 is 3.00 bits per heavy atom. The van der Waals surface area contributed by atoms with Crippen molar-refractivity contribution in [2.75, 3.05) is 0 Å². The molecule has 0 radical (unpaired) electrons. The van der Waals surface area contributed by atoms with Crippen LogP contribution in [0.3, 0.4) is 0 Å². The molecule has 0 bridgehead atoms. The average Bonchev–Trinajstić information content (AvgIpc) is 2.65. The normalized spacial score (nSPS) is 30.3. The van der Waals surface area contributed by atoms with Crippen molar-refractivity contribution in [2.24, 2.45) is 17.1 Å². The summed E-state index contributed by atoms with van der Waals surface area (Å²) in [6, 6.07) is 2.68. The van der Waals surface area contributed by atoms with E-state index in [0.717, 1.165) is 5.92 Å². The van der Waals surface area contributed by atoms with Gasteiger partial charge in [0.05, 0.1) is 0 Å². The molecule has 0 saturated heterocycles. The zero-order valence-electron chi connectivity index (χ0n) is 9.70. The van der Waals surface area contributed by atoms with Gasteiger partial charge in [-0.05, 0) is 59.4 Å². The molecule has 2 rings (SSSR count). The highest BCUT2D eigenvalue weighted by atomic mass is 32.1. The molecule has 2 unspecified atom stereocenters. The van der Waals surface area contributed by atoms with E-state index in [-0.39, 0.29) is 0 Å². The molecule has 0 amide bonds. The lowest BCUT2D eigenvalue weighted by molar-refractivity contribution is 0.124. The first kappa shape index (κ1) is 11.2. The third-order valence-corrected chi connectivity index (χ3v) is 4.65. The topological polar surface area (TPSA) is 26.0 Å². The first-order valence-corrected chi connectivity index (χ1v) is 6.79. The summed E-state index contributed by atoms with van der Waals surface area (Å²) in [5.41, 5.74) is 8.04. The molecule has 1 aliphatic rings. The standard InChI is InChI=1S/C13H21NS/c1-13(2)5-3-12(14)8-11(13)7-10-4-6-15-9-10/h4,6,9,11-12H,3,5,7-8,14H2,1-2H3. The lowest BCUT2D eigenvalue weighted by atomic mass is 9.65. The lowest BCUT2D eigenvalue weighted by Crippen LogP contribution is -2.39. The van der Waals surface area contributed by atoms with Gasteiger partial charge in [-0.1, -0.05) is 13.8 Å². The Morgan fingerprint density at radius 1 is 1.53 bits per heavy atom. The Morgan fingerprint density at radius 2 is 2.33 bits per heavy atom. The molecule has 1 aliphatic carbocycles. The summed E-state index contributed by atoms with van der Waals surface area (Å²) in [6.07, 6.45) is 4.89. The maximum Gasteiger partial charge on any atom is 0.00419 e. The summed E-state index contributed by atoms with van der Waals surface area (Å²) in [5.74, 6) is 0.760. The number of hydrogen-bond acceptors (Lipinski definition) is 2. The van der Waals surface area contributed by atoms with Crippen molar-refractivity contribution in [2.45, 2.75) is 45.6 Å². The highest BCUT2D eigenvalue weighted by Crippen LogP contribution is 2.41. The van der Waals surface area contributed by atoms with E-state index in [2.05, 4.69) is 30.7 Å². The van der Waals surface area contributed by atoms with Crippen LogP contribution in [-0.2, 0) is 6.42 Å². The largest absolute Gasteiger partial charge is 0.328 e. The van der Waals surface area contributed by atoms with E-state index in [0.29, 0.717) is 11.5 Å². The predicted molar refractivity (Wildman–Crippen MR) is 67.1 cm³/mol. The molecule has 1 aromatic rings. The van der Waals surface area contributed by atoms with Gasteiger partial charge in [-0.15, -0.1) is 0 Å². The fourth-order valence-corrected chi connectivity index (χ4v) is 3.30. The van der Waals surface area contributed by atoms with Gasteiger partial charge >= 0.3 is 0 Å². The summed E-state index contributed by atoms with van der Waals surface area (Å²) < 4.78 is 0. The van der Waals surface area contributed by atoms with E-state index < -0.39 is 0 Å². The lowest BCUT2D eigenvalue weighted by Gasteiger charge is -2.41. The molecule has 1 nitrogen and oxygen atoms in total. The van der Waals surface area contributed by atoms with Gasteiger partial charge < -0.3 is 5.73 Å². The molecular weight excluding hydrogens is 202 g/mol. The SMILES string of the molecule is CC1(C)CCC(N)CC1Cc1ccsc1. The predicted octanol–water partition coefficient (Wildman–Crippen LogP) is 3.44. The van der Waals surface area contributed by atoms with E-state index in [9.17, 15) is 0 Å². The highest BCUT2D eigenvalue weighted by molar-refractivity contribution is 7.07. The van der Waals surface area contributed by atoms with Crippen LogP contribution in [0.1, 0.15) is 38.7 Å². The van der Waals surface area contributed by atoms with Crippen LogP contribution in [0.4, 0.5) is 0 Å². The fourth-order valence-electron chi connectivity index (χ4n) is 2.62. The van der Waals surface area contributed by atoms with Gasteiger partial charge in [0.1, 0.15) is 0 Å². The molecule has 0 aromatic carbocycles. The van der Waals surface area contributed by atoms with E-state index in [1.807, 2.05) is 0 Å². The van der Waals surface area contributed by atoms with Crippen LogP contribution in [0.15, 0.2) is 16.8 Å². The van der Waals surface area contributed by atoms with E-state index >= 15 is 0 Å². The Bertz CT molecular complexity index is 302. The first-order valence-electron chi connectivity index (χ1n) is 5.84. The molecule has 0 aliphatic heterocycles. The summed E-state index contributed by atoms with van der Waals surface area (Å²) in [7, 11) is 0. The Hall–Kier alpha value is -0.340. The van der Waals surface area contributed by atoms with Gasteiger partial charge in [0.25, 0.3) is 0 Å². The van der Waals surface area contributed by atoms with E-state index in [1.54, 1.807) is 11.3 Å². The van der Waals surface area contributed by atoms with Crippen LogP contribution >= 0.6 is 11.3 Å². The summed E-state index contributed by atoms with van der Waals surface area (Å²) in [4.78, 5) is 0. The quantitative estimate of drug-likeness (QED) is 0.816. The number of nitrogens with two attached hydrogens (primary N) is 1. The molecule has 1 aromatic heterocycles. The molecule has 2 heteroatoms. The fraction of sp³-hybridized carbons (Fsp3) is 0.692. The van der Waals surface area contributed by atoms with Crippen molar-refractivity contribution in [1.29, 1.82) is 0 Å². The van der Waals surface area contributed by atoms with Gasteiger partial charge in [0.15, 0.2) is 0 Å². The van der Waals surface area contributed by atoms with Gasteiger partial charge in [-0.2, -0.15) is 11.3 Å². The Kier molecular flexibility index (Phi) is 3.17. The maximum atomic E-state index is 6.08. The van der Waals surface area contributed by atoms with Crippen molar-refractivity contribution in [3.63, 3.8) is 0 Å². The first-order chi connectivity index (χ1) is 7.08. The Balaban J connectivity index is 2.05.